The molecule has 0 aromatic heterocycles. The van der Waals surface area contributed by atoms with Crippen LogP contribution in [0.2, 0.25) is 0 Å². The van der Waals surface area contributed by atoms with E-state index in [0.717, 1.165) is 83.5 Å². The van der Waals surface area contributed by atoms with E-state index >= 15 is 0 Å². The molecule has 1 heterocycles. The highest BCUT2D eigenvalue weighted by atomic mass is 16.7. The van der Waals surface area contributed by atoms with Gasteiger partial charge in [-0.05, 0) is 70.6 Å². The summed E-state index contributed by atoms with van der Waals surface area (Å²) >= 11 is 0. The van der Waals surface area contributed by atoms with Gasteiger partial charge in [-0.25, -0.2) is 4.79 Å². The topological polar surface area (TPSA) is 175 Å². The van der Waals surface area contributed by atoms with Crippen LogP contribution in [-0.4, -0.2) is 89.2 Å². The summed E-state index contributed by atoms with van der Waals surface area (Å²) in [7, 11) is 0. The summed E-state index contributed by atoms with van der Waals surface area (Å²) in [6, 6.07) is 0. The summed E-state index contributed by atoms with van der Waals surface area (Å²) < 4.78 is 28.4. The van der Waals surface area contributed by atoms with Crippen LogP contribution in [0.25, 0.3) is 0 Å². The van der Waals surface area contributed by atoms with Crippen molar-refractivity contribution in [2.45, 2.75) is 327 Å². The molecule has 6 unspecified atom stereocenters. The molecule has 12 heteroatoms. The number of rotatable bonds is 52. The molecular weight excluding hydrogens is 925 g/mol. The molecule has 426 valence electrons. The number of allylic oxidation sites excluding steroid dienone is 4. The van der Waals surface area contributed by atoms with Gasteiger partial charge in [0.15, 0.2) is 24.6 Å². The first-order valence-corrected chi connectivity index (χ1v) is 30.3. The van der Waals surface area contributed by atoms with Crippen LogP contribution in [-0.2, 0) is 42.9 Å². The van der Waals surface area contributed by atoms with E-state index < -0.39 is 67.3 Å². The van der Waals surface area contributed by atoms with E-state index in [1.807, 2.05) is 0 Å². The van der Waals surface area contributed by atoms with Crippen molar-refractivity contribution < 1.29 is 58.2 Å². The summed E-state index contributed by atoms with van der Waals surface area (Å²) in [6.45, 7) is 5.97. The van der Waals surface area contributed by atoms with Crippen molar-refractivity contribution in [1.82, 2.24) is 0 Å². The van der Waals surface area contributed by atoms with Gasteiger partial charge in [-0.2, -0.15) is 0 Å². The summed E-state index contributed by atoms with van der Waals surface area (Å²) in [4.78, 5) is 51.0. The van der Waals surface area contributed by atoms with E-state index in [4.69, 9.17) is 23.7 Å². The fraction of sp³-hybridized carbons (Fsp3) is 0.869. The first-order valence-electron chi connectivity index (χ1n) is 30.3. The van der Waals surface area contributed by atoms with E-state index in [2.05, 4.69) is 45.1 Å². The van der Waals surface area contributed by atoms with E-state index in [1.165, 1.54) is 148 Å². The third kappa shape index (κ3) is 40.2. The van der Waals surface area contributed by atoms with Gasteiger partial charge < -0.3 is 39.0 Å². The lowest BCUT2D eigenvalue weighted by Gasteiger charge is -2.40. The normalized spacial score (nSPS) is 18.4. The van der Waals surface area contributed by atoms with Crippen LogP contribution in [0.15, 0.2) is 24.3 Å². The van der Waals surface area contributed by atoms with Crippen molar-refractivity contribution in [2.75, 3.05) is 13.2 Å². The van der Waals surface area contributed by atoms with Crippen molar-refractivity contribution in [3.8, 4) is 0 Å². The molecule has 0 aromatic rings. The molecule has 3 N–H and O–H groups in total. The van der Waals surface area contributed by atoms with Crippen molar-refractivity contribution in [1.29, 1.82) is 0 Å². The van der Waals surface area contributed by atoms with Crippen molar-refractivity contribution >= 4 is 23.9 Å². The van der Waals surface area contributed by atoms with Gasteiger partial charge in [0.05, 0.1) is 6.61 Å². The number of carboxylic acids is 1. The van der Waals surface area contributed by atoms with Crippen LogP contribution < -0.4 is 0 Å². The van der Waals surface area contributed by atoms with Crippen molar-refractivity contribution in [2.24, 2.45) is 0 Å². The van der Waals surface area contributed by atoms with Crippen molar-refractivity contribution in [3.63, 3.8) is 0 Å². The maximum atomic E-state index is 13.1. The molecule has 73 heavy (non-hydrogen) atoms. The minimum atomic E-state index is -1.90. The summed E-state index contributed by atoms with van der Waals surface area (Å²) in [5.74, 6) is -3.10. The maximum Gasteiger partial charge on any atom is 0.335 e. The van der Waals surface area contributed by atoms with Crippen molar-refractivity contribution in [3.05, 3.63) is 24.3 Å². The van der Waals surface area contributed by atoms with Crippen LogP contribution in [0.4, 0.5) is 0 Å². The average Bonchev–Trinajstić information content (AvgIpc) is 3.37. The number of aliphatic hydroxyl groups excluding tert-OH is 2. The lowest BCUT2D eigenvalue weighted by Crippen LogP contribution is -2.61. The summed E-state index contributed by atoms with van der Waals surface area (Å²) in [6.07, 6.45) is 44.5. The highest BCUT2D eigenvalue weighted by Crippen LogP contribution is 2.27. The van der Waals surface area contributed by atoms with Crippen LogP contribution in [0.3, 0.4) is 0 Å². The first kappa shape index (κ1) is 68.2. The highest BCUT2D eigenvalue weighted by molar-refractivity contribution is 5.74. The van der Waals surface area contributed by atoms with E-state index in [1.54, 1.807) is 0 Å². The number of aliphatic hydroxyl groups is 2. The monoisotopic (exact) mass is 1030 g/mol. The maximum absolute atomic E-state index is 13.1. The SMILES string of the molecule is CCCCCCCC/C=C\CCCCCCCCCC(=O)OCC(COC1OC(C(=O)O)C(O)C(O)C1OC(=O)CCCCCCCCCCC)OC(=O)CCCCCCCCC/C=C\CCCCCCCC. The number of hydrogen-bond acceptors (Lipinski definition) is 11. The van der Waals surface area contributed by atoms with Gasteiger partial charge in [-0.15, -0.1) is 0 Å². The molecule has 0 aliphatic carbocycles. The molecule has 0 spiro atoms. The zero-order chi connectivity index (χ0) is 53.3. The number of ether oxygens (including phenoxy) is 5. The van der Waals surface area contributed by atoms with E-state index in [9.17, 15) is 34.5 Å². The zero-order valence-electron chi connectivity index (χ0n) is 46.9. The second-order valence-electron chi connectivity index (χ2n) is 21.0. The molecular formula is C61H110O12. The van der Waals surface area contributed by atoms with Gasteiger partial charge in [0.25, 0.3) is 0 Å². The summed E-state index contributed by atoms with van der Waals surface area (Å²) in [5.41, 5.74) is 0. The second kappa shape index (κ2) is 50.0. The fourth-order valence-corrected chi connectivity index (χ4v) is 9.30. The number of carbonyl (C=O) groups excluding carboxylic acids is 3. The molecule has 0 amide bonds. The molecule has 0 radical (unpaired) electrons. The molecule has 1 rings (SSSR count). The predicted octanol–water partition coefficient (Wildman–Crippen LogP) is 15.5. The fourth-order valence-electron chi connectivity index (χ4n) is 9.30. The minimum Gasteiger partial charge on any atom is -0.479 e. The molecule has 0 saturated carbocycles. The molecule has 0 bridgehead atoms. The van der Waals surface area contributed by atoms with Crippen LogP contribution in [0, 0.1) is 0 Å². The Morgan fingerprint density at radius 2 is 0.781 bits per heavy atom. The van der Waals surface area contributed by atoms with Gasteiger partial charge in [0.2, 0.25) is 0 Å². The Hall–Kier alpha value is -2.80. The first-order chi connectivity index (χ1) is 35.6. The van der Waals surface area contributed by atoms with E-state index in [-0.39, 0.29) is 25.9 Å². The molecule has 12 nitrogen and oxygen atoms in total. The summed E-state index contributed by atoms with van der Waals surface area (Å²) in [5, 5.41) is 31.4. The Balaban J connectivity index is 2.65. The van der Waals surface area contributed by atoms with Gasteiger partial charge in [-0.1, -0.05) is 225 Å². The second-order valence-corrected chi connectivity index (χ2v) is 21.0. The van der Waals surface area contributed by atoms with Gasteiger partial charge in [0.1, 0.15) is 18.8 Å². The molecule has 0 aromatic carbocycles. The Bertz CT molecular complexity index is 1370. The molecule has 1 saturated heterocycles. The van der Waals surface area contributed by atoms with Crippen LogP contribution in [0.1, 0.15) is 290 Å². The Morgan fingerprint density at radius 3 is 1.16 bits per heavy atom. The number of hydrogen-bond donors (Lipinski definition) is 3. The average molecular weight is 1040 g/mol. The molecule has 1 aliphatic rings. The standard InChI is InChI=1S/C61H110O12/c1-4-7-10-13-16-19-21-23-25-27-29-31-33-36-38-41-44-47-53(62)69-50-52(71-54(63)48-45-42-40-37-34-32-30-28-26-24-22-20-17-14-11-8-5-2)51-70-61-59(57(66)56(65)58(73-61)60(67)68)72-55(64)49-46-43-39-35-18-15-12-9-6-3/h23-26,52,56-59,61,65-66H,4-22,27-51H2,1-3H3,(H,67,68)/b25-23-,26-24-. The number of aliphatic carboxylic acids is 1. The molecule has 1 fully saturated rings. The quantitative estimate of drug-likeness (QED) is 0.0228. The van der Waals surface area contributed by atoms with Crippen LogP contribution >= 0.6 is 0 Å². The Labute approximate surface area is 445 Å². The van der Waals surface area contributed by atoms with Gasteiger partial charge in [0, 0.05) is 19.3 Å². The van der Waals surface area contributed by atoms with Crippen LogP contribution in [0.5, 0.6) is 0 Å². The highest BCUT2D eigenvalue weighted by Gasteiger charge is 2.50. The molecule has 1 aliphatic heterocycles. The lowest BCUT2D eigenvalue weighted by atomic mass is 9.98. The zero-order valence-corrected chi connectivity index (χ0v) is 46.9. The third-order valence-electron chi connectivity index (χ3n) is 14.0. The largest absolute Gasteiger partial charge is 0.479 e. The Kier molecular flexibility index (Phi) is 46.8. The number of carboxylic acid groups (broad SMARTS) is 1. The number of carbonyl (C=O) groups is 4. The van der Waals surface area contributed by atoms with E-state index in [0.29, 0.717) is 19.3 Å². The predicted molar refractivity (Wildman–Crippen MR) is 294 cm³/mol. The number of unbranched alkanes of at least 4 members (excludes halogenated alkanes) is 34. The Morgan fingerprint density at radius 1 is 0.438 bits per heavy atom. The molecule has 6 atom stereocenters. The third-order valence-corrected chi connectivity index (χ3v) is 14.0. The lowest BCUT2D eigenvalue weighted by molar-refractivity contribution is -0.301. The van der Waals surface area contributed by atoms with Gasteiger partial charge in [-0.3, -0.25) is 14.4 Å². The minimum absolute atomic E-state index is 0.0642. The smallest absolute Gasteiger partial charge is 0.335 e. The number of esters is 3. The van der Waals surface area contributed by atoms with Gasteiger partial charge >= 0.3 is 23.9 Å².